The second kappa shape index (κ2) is 7.69. The molecule has 14 heavy (non-hydrogen) atoms. The minimum absolute atomic E-state index is 0.148. The summed E-state index contributed by atoms with van der Waals surface area (Å²) in [7, 11) is 1.47. The van der Waals surface area contributed by atoms with Crippen LogP contribution in [0.15, 0.2) is 0 Å². The molecule has 0 aromatic carbocycles. The highest BCUT2D eigenvalue weighted by Crippen LogP contribution is 1.99. The van der Waals surface area contributed by atoms with Crippen LogP contribution in [0.5, 0.6) is 0 Å². The first kappa shape index (κ1) is 13.3. The first-order chi connectivity index (χ1) is 6.67. The van der Waals surface area contributed by atoms with E-state index < -0.39 is 12.0 Å². The van der Waals surface area contributed by atoms with Crippen LogP contribution < -0.4 is 11.5 Å². The normalized spacial score (nSPS) is 13.1. The molecule has 0 aromatic heterocycles. The number of carbonyl (C=O) groups is 1. The summed E-state index contributed by atoms with van der Waals surface area (Å²) in [6, 6.07) is -0.660. The summed E-state index contributed by atoms with van der Waals surface area (Å²) in [4.78, 5) is 12.6. The molecule has 0 fully saturated rings. The Morgan fingerprint density at radius 2 is 1.93 bits per heavy atom. The molecular weight excluding hydrogens is 186 g/mol. The maximum atomic E-state index is 10.9. The fourth-order valence-corrected chi connectivity index (χ4v) is 1.25. The number of rotatable bonds is 8. The van der Waals surface area contributed by atoms with Gasteiger partial charge in [0.05, 0.1) is 6.61 Å². The lowest BCUT2D eigenvalue weighted by Crippen LogP contribution is -2.48. The van der Waals surface area contributed by atoms with Crippen LogP contribution in [0.25, 0.3) is 0 Å². The van der Waals surface area contributed by atoms with Crippen molar-refractivity contribution in [2.24, 2.45) is 11.5 Å². The zero-order chi connectivity index (χ0) is 11.0. The third-order valence-corrected chi connectivity index (χ3v) is 1.88. The van der Waals surface area contributed by atoms with E-state index in [2.05, 4.69) is 0 Å². The van der Waals surface area contributed by atoms with E-state index >= 15 is 0 Å². The SMILES string of the molecule is COCC(C(=O)O)N(CCN)CCN. The van der Waals surface area contributed by atoms with Crippen molar-refractivity contribution in [3.05, 3.63) is 0 Å². The summed E-state index contributed by atoms with van der Waals surface area (Å²) in [5, 5.41) is 8.92. The highest BCUT2D eigenvalue weighted by atomic mass is 16.5. The van der Waals surface area contributed by atoms with Gasteiger partial charge in [-0.3, -0.25) is 9.69 Å². The Morgan fingerprint density at radius 3 is 2.21 bits per heavy atom. The molecule has 0 aliphatic carbocycles. The smallest absolute Gasteiger partial charge is 0.323 e. The minimum atomic E-state index is -0.909. The number of aliphatic carboxylic acids is 1. The molecule has 5 N–H and O–H groups in total. The largest absolute Gasteiger partial charge is 0.480 e. The van der Waals surface area contributed by atoms with Gasteiger partial charge in [0, 0.05) is 33.3 Å². The first-order valence-corrected chi connectivity index (χ1v) is 4.53. The molecule has 1 unspecified atom stereocenters. The van der Waals surface area contributed by atoms with E-state index in [0.717, 1.165) is 0 Å². The number of carboxylic acids is 1. The predicted molar refractivity (Wildman–Crippen MR) is 53.0 cm³/mol. The topological polar surface area (TPSA) is 102 Å². The Bertz CT molecular complexity index is 160. The van der Waals surface area contributed by atoms with Crippen molar-refractivity contribution in [1.82, 2.24) is 4.90 Å². The molecule has 6 heteroatoms. The Morgan fingerprint density at radius 1 is 1.43 bits per heavy atom. The van der Waals surface area contributed by atoms with Gasteiger partial charge < -0.3 is 21.3 Å². The van der Waals surface area contributed by atoms with Crippen LogP contribution in [0, 0.1) is 0 Å². The van der Waals surface area contributed by atoms with Crippen LogP contribution >= 0.6 is 0 Å². The van der Waals surface area contributed by atoms with E-state index in [9.17, 15) is 4.79 Å². The third kappa shape index (κ3) is 4.52. The molecule has 0 aliphatic heterocycles. The van der Waals surface area contributed by atoms with Gasteiger partial charge in [-0.2, -0.15) is 0 Å². The second-order valence-electron chi connectivity index (χ2n) is 2.92. The molecule has 0 saturated carbocycles. The highest BCUT2D eigenvalue weighted by Gasteiger charge is 2.24. The molecule has 1 atom stereocenters. The Labute approximate surface area is 83.8 Å². The Balaban J connectivity index is 4.29. The van der Waals surface area contributed by atoms with Crippen molar-refractivity contribution in [3.8, 4) is 0 Å². The lowest BCUT2D eigenvalue weighted by atomic mass is 10.2. The third-order valence-electron chi connectivity index (χ3n) is 1.88. The number of nitrogens with zero attached hydrogens (tertiary/aromatic N) is 1. The molecule has 0 amide bonds. The number of hydrogen-bond acceptors (Lipinski definition) is 5. The van der Waals surface area contributed by atoms with Crippen LogP contribution in [0.1, 0.15) is 0 Å². The standard InChI is InChI=1S/C8H19N3O3/c1-14-6-7(8(12)13)11(4-2-9)5-3-10/h7H,2-6,9-10H2,1H3,(H,12,13). The number of hydrogen-bond donors (Lipinski definition) is 3. The van der Waals surface area contributed by atoms with Crippen LogP contribution in [0.4, 0.5) is 0 Å². The van der Waals surface area contributed by atoms with E-state index in [1.54, 1.807) is 4.90 Å². The maximum absolute atomic E-state index is 10.9. The molecule has 0 radical (unpaired) electrons. The van der Waals surface area contributed by atoms with Gasteiger partial charge in [-0.25, -0.2) is 0 Å². The van der Waals surface area contributed by atoms with Crippen molar-refractivity contribution in [2.75, 3.05) is 39.9 Å². The van der Waals surface area contributed by atoms with E-state index in [0.29, 0.717) is 26.2 Å². The van der Waals surface area contributed by atoms with Crippen molar-refractivity contribution < 1.29 is 14.6 Å². The van der Waals surface area contributed by atoms with Gasteiger partial charge in [-0.15, -0.1) is 0 Å². The lowest BCUT2D eigenvalue weighted by molar-refractivity contribution is -0.145. The van der Waals surface area contributed by atoms with Crippen LogP contribution in [0.3, 0.4) is 0 Å². The van der Waals surface area contributed by atoms with Crippen LogP contribution in [0.2, 0.25) is 0 Å². The molecule has 0 rings (SSSR count). The van der Waals surface area contributed by atoms with Gasteiger partial charge >= 0.3 is 5.97 Å². The van der Waals surface area contributed by atoms with E-state index in [4.69, 9.17) is 21.3 Å². The van der Waals surface area contributed by atoms with Gasteiger partial charge in [0.15, 0.2) is 0 Å². The number of methoxy groups -OCH3 is 1. The summed E-state index contributed by atoms with van der Waals surface area (Å²) >= 11 is 0. The minimum Gasteiger partial charge on any atom is -0.480 e. The fraction of sp³-hybridized carbons (Fsp3) is 0.875. The summed E-state index contributed by atoms with van der Waals surface area (Å²) in [5.74, 6) is -0.909. The second-order valence-corrected chi connectivity index (χ2v) is 2.92. The Kier molecular flexibility index (Phi) is 7.31. The maximum Gasteiger partial charge on any atom is 0.323 e. The predicted octanol–water partition coefficient (Wildman–Crippen LogP) is -1.69. The van der Waals surface area contributed by atoms with E-state index in [-0.39, 0.29) is 6.61 Å². The van der Waals surface area contributed by atoms with Crippen molar-refractivity contribution in [2.45, 2.75) is 6.04 Å². The van der Waals surface area contributed by atoms with Gasteiger partial charge in [0.1, 0.15) is 6.04 Å². The van der Waals surface area contributed by atoms with Gasteiger partial charge in [-0.05, 0) is 0 Å². The number of ether oxygens (including phenoxy) is 1. The van der Waals surface area contributed by atoms with Crippen LogP contribution in [-0.4, -0.2) is 61.9 Å². The first-order valence-electron chi connectivity index (χ1n) is 4.53. The molecule has 6 nitrogen and oxygen atoms in total. The molecule has 0 spiro atoms. The summed E-state index contributed by atoms with van der Waals surface area (Å²) in [6.07, 6.45) is 0. The quantitative estimate of drug-likeness (QED) is 0.437. The molecular formula is C8H19N3O3. The summed E-state index contributed by atoms with van der Waals surface area (Å²) in [6.45, 7) is 1.99. The van der Waals surface area contributed by atoms with Gasteiger partial charge in [0.2, 0.25) is 0 Å². The monoisotopic (exact) mass is 205 g/mol. The Hall–Kier alpha value is -0.690. The molecule has 0 bridgehead atoms. The fourth-order valence-electron chi connectivity index (χ4n) is 1.25. The number of carboxylic acid groups (broad SMARTS) is 1. The number of nitrogens with two attached hydrogens (primary N) is 2. The lowest BCUT2D eigenvalue weighted by Gasteiger charge is -2.27. The summed E-state index contributed by atoms with van der Waals surface area (Å²) < 4.78 is 4.83. The molecule has 0 heterocycles. The molecule has 0 saturated heterocycles. The zero-order valence-corrected chi connectivity index (χ0v) is 8.48. The van der Waals surface area contributed by atoms with E-state index in [1.807, 2.05) is 0 Å². The highest BCUT2D eigenvalue weighted by molar-refractivity contribution is 5.73. The average Bonchev–Trinajstić information content (AvgIpc) is 2.13. The summed E-state index contributed by atoms with van der Waals surface area (Å²) in [5.41, 5.74) is 10.8. The average molecular weight is 205 g/mol. The van der Waals surface area contributed by atoms with Crippen molar-refractivity contribution in [3.63, 3.8) is 0 Å². The zero-order valence-electron chi connectivity index (χ0n) is 8.48. The molecule has 0 aromatic rings. The molecule has 84 valence electrons. The van der Waals surface area contributed by atoms with Gasteiger partial charge in [-0.1, -0.05) is 0 Å². The van der Waals surface area contributed by atoms with Crippen molar-refractivity contribution in [1.29, 1.82) is 0 Å². The van der Waals surface area contributed by atoms with Crippen molar-refractivity contribution >= 4 is 5.97 Å². The van der Waals surface area contributed by atoms with Crippen LogP contribution in [-0.2, 0) is 9.53 Å². The van der Waals surface area contributed by atoms with E-state index in [1.165, 1.54) is 7.11 Å². The van der Waals surface area contributed by atoms with Gasteiger partial charge in [0.25, 0.3) is 0 Å². The molecule has 0 aliphatic rings.